The molecule has 0 aromatic carbocycles. The van der Waals surface area contributed by atoms with Crippen LogP contribution in [0.3, 0.4) is 0 Å². The molecule has 0 radical (unpaired) electrons. The number of hydrogen-bond acceptors (Lipinski definition) is 3. The van der Waals surface area contributed by atoms with Crippen molar-refractivity contribution in [3.05, 3.63) is 28.6 Å². The van der Waals surface area contributed by atoms with Crippen LogP contribution >= 0.6 is 15.9 Å². The molecule has 1 aliphatic heterocycles. The van der Waals surface area contributed by atoms with Crippen LogP contribution in [0.15, 0.2) is 22.8 Å². The summed E-state index contributed by atoms with van der Waals surface area (Å²) in [4.78, 5) is 7.03. The molecule has 3 heterocycles. The Balaban J connectivity index is 1.81. The zero-order valence-electron chi connectivity index (χ0n) is 10.5. The van der Waals surface area contributed by atoms with Crippen LogP contribution in [0.1, 0.15) is 25.1 Å². The van der Waals surface area contributed by atoms with Gasteiger partial charge in [0.25, 0.3) is 0 Å². The number of nitrogens with zero attached hydrogens (tertiary/aromatic N) is 4. The van der Waals surface area contributed by atoms with Gasteiger partial charge in [-0.1, -0.05) is 22.4 Å². The summed E-state index contributed by atoms with van der Waals surface area (Å²) in [5.41, 5.74) is 0.915. The molecule has 1 saturated heterocycles. The first-order valence-electron chi connectivity index (χ1n) is 6.43. The van der Waals surface area contributed by atoms with E-state index in [2.05, 4.69) is 38.0 Å². The van der Waals surface area contributed by atoms with Crippen LogP contribution < -0.4 is 0 Å². The average Bonchev–Trinajstić information content (AvgIpc) is 2.73. The molecule has 0 spiro atoms. The van der Waals surface area contributed by atoms with Gasteiger partial charge in [0.2, 0.25) is 0 Å². The van der Waals surface area contributed by atoms with Gasteiger partial charge in [0, 0.05) is 23.1 Å². The van der Waals surface area contributed by atoms with Crippen LogP contribution in [0, 0.1) is 0 Å². The van der Waals surface area contributed by atoms with E-state index < -0.39 is 0 Å². The van der Waals surface area contributed by atoms with Crippen molar-refractivity contribution in [2.75, 3.05) is 13.6 Å². The van der Waals surface area contributed by atoms with Gasteiger partial charge >= 0.3 is 0 Å². The normalized spacial score (nSPS) is 21.6. The monoisotopic (exact) mass is 308 g/mol. The van der Waals surface area contributed by atoms with Crippen molar-refractivity contribution in [3.63, 3.8) is 0 Å². The second-order valence-corrected chi connectivity index (χ2v) is 5.93. The van der Waals surface area contributed by atoms with Gasteiger partial charge in [0.05, 0.1) is 0 Å². The van der Waals surface area contributed by atoms with Crippen LogP contribution in [0.4, 0.5) is 0 Å². The molecular weight excluding hydrogens is 292 g/mol. The lowest BCUT2D eigenvalue weighted by atomic mass is 10.00. The SMILES string of the molecule is CN1CCCCC1Cc1nc2cc(Br)ccn2n1. The van der Waals surface area contributed by atoms with E-state index in [1.54, 1.807) is 0 Å². The number of likely N-dealkylation sites (tertiary alicyclic amines) is 1. The summed E-state index contributed by atoms with van der Waals surface area (Å²) in [7, 11) is 2.20. The molecule has 0 N–H and O–H groups in total. The van der Waals surface area contributed by atoms with E-state index in [1.807, 2.05) is 22.8 Å². The van der Waals surface area contributed by atoms with Crippen molar-refractivity contribution in [1.29, 1.82) is 0 Å². The Morgan fingerprint density at radius 3 is 3.17 bits per heavy atom. The molecule has 1 aliphatic rings. The lowest BCUT2D eigenvalue weighted by molar-refractivity contribution is 0.182. The predicted molar refractivity (Wildman–Crippen MR) is 74.7 cm³/mol. The molecule has 5 heteroatoms. The first kappa shape index (κ1) is 12.1. The minimum absolute atomic E-state index is 0.597. The van der Waals surface area contributed by atoms with Gasteiger partial charge in [-0.3, -0.25) is 0 Å². The minimum Gasteiger partial charge on any atom is -0.303 e. The van der Waals surface area contributed by atoms with Crippen molar-refractivity contribution in [2.24, 2.45) is 0 Å². The number of halogens is 1. The average molecular weight is 309 g/mol. The molecule has 1 atom stereocenters. The number of hydrogen-bond donors (Lipinski definition) is 0. The van der Waals surface area contributed by atoms with E-state index in [-0.39, 0.29) is 0 Å². The van der Waals surface area contributed by atoms with E-state index in [0.717, 1.165) is 22.4 Å². The second-order valence-electron chi connectivity index (χ2n) is 5.01. The summed E-state index contributed by atoms with van der Waals surface area (Å²) in [6.45, 7) is 1.20. The molecule has 96 valence electrons. The van der Waals surface area contributed by atoms with Crippen molar-refractivity contribution in [2.45, 2.75) is 31.7 Å². The van der Waals surface area contributed by atoms with E-state index in [0.29, 0.717) is 6.04 Å². The first-order chi connectivity index (χ1) is 8.72. The fourth-order valence-corrected chi connectivity index (χ4v) is 2.92. The fourth-order valence-electron chi connectivity index (χ4n) is 2.60. The minimum atomic E-state index is 0.597. The maximum absolute atomic E-state index is 4.60. The highest BCUT2D eigenvalue weighted by Crippen LogP contribution is 2.18. The summed E-state index contributed by atoms with van der Waals surface area (Å²) in [5, 5.41) is 4.54. The molecule has 0 amide bonds. The van der Waals surface area contributed by atoms with Crippen molar-refractivity contribution < 1.29 is 0 Å². The van der Waals surface area contributed by atoms with Gasteiger partial charge in [0.1, 0.15) is 0 Å². The third-order valence-electron chi connectivity index (χ3n) is 3.68. The molecule has 4 nitrogen and oxygen atoms in total. The standard InChI is InChI=1S/C13H17BrN4/c1-17-6-3-2-4-11(17)9-12-15-13-8-10(14)5-7-18(13)16-12/h5,7-8,11H,2-4,6,9H2,1H3. The molecule has 3 rings (SSSR count). The van der Waals surface area contributed by atoms with Crippen molar-refractivity contribution in [3.8, 4) is 0 Å². The predicted octanol–water partition coefficient (Wildman–Crippen LogP) is 2.52. The maximum atomic E-state index is 4.60. The number of aromatic nitrogens is 3. The summed E-state index contributed by atoms with van der Waals surface area (Å²) < 4.78 is 2.90. The van der Waals surface area contributed by atoms with Gasteiger partial charge in [0.15, 0.2) is 11.5 Å². The van der Waals surface area contributed by atoms with E-state index in [1.165, 1.54) is 25.8 Å². The Morgan fingerprint density at radius 2 is 2.33 bits per heavy atom. The van der Waals surface area contributed by atoms with Crippen LogP contribution in [0.5, 0.6) is 0 Å². The van der Waals surface area contributed by atoms with E-state index >= 15 is 0 Å². The molecule has 2 aromatic rings. The van der Waals surface area contributed by atoms with Gasteiger partial charge in [-0.2, -0.15) is 5.10 Å². The maximum Gasteiger partial charge on any atom is 0.156 e. The third-order valence-corrected chi connectivity index (χ3v) is 4.18. The van der Waals surface area contributed by atoms with Gasteiger partial charge in [-0.15, -0.1) is 0 Å². The number of rotatable bonds is 2. The topological polar surface area (TPSA) is 33.4 Å². The molecule has 18 heavy (non-hydrogen) atoms. The Kier molecular flexibility index (Phi) is 3.35. The number of pyridine rings is 1. The summed E-state index contributed by atoms with van der Waals surface area (Å²) in [5.74, 6) is 0.951. The highest BCUT2D eigenvalue weighted by Gasteiger charge is 2.20. The number of piperidine rings is 1. The highest BCUT2D eigenvalue weighted by atomic mass is 79.9. The summed E-state index contributed by atoms with van der Waals surface area (Å²) in [6, 6.07) is 4.58. The van der Waals surface area contributed by atoms with Crippen molar-refractivity contribution >= 4 is 21.6 Å². The summed E-state index contributed by atoms with van der Waals surface area (Å²) >= 11 is 3.46. The fraction of sp³-hybridized carbons (Fsp3) is 0.538. The van der Waals surface area contributed by atoms with Crippen LogP contribution in [0.25, 0.3) is 5.65 Å². The summed E-state index contributed by atoms with van der Waals surface area (Å²) in [6.07, 6.45) is 6.80. The van der Waals surface area contributed by atoms with E-state index in [4.69, 9.17) is 0 Å². The van der Waals surface area contributed by atoms with Gasteiger partial charge < -0.3 is 4.90 Å². The quantitative estimate of drug-likeness (QED) is 0.855. The molecular formula is C13H17BrN4. The molecule has 2 aromatic heterocycles. The van der Waals surface area contributed by atoms with Crippen LogP contribution in [-0.4, -0.2) is 39.1 Å². The van der Waals surface area contributed by atoms with Crippen LogP contribution in [0.2, 0.25) is 0 Å². The zero-order valence-corrected chi connectivity index (χ0v) is 12.1. The Morgan fingerprint density at radius 1 is 1.44 bits per heavy atom. The molecule has 0 aliphatic carbocycles. The largest absolute Gasteiger partial charge is 0.303 e. The van der Waals surface area contributed by atoms with Crippen LogP contribution in [-0.2, 0) is 6.42 Å². The van der Waals surface area contributed by atoms with E-state index in [9.17, 15) is 0 Å². The highest BCUT2D eigenvalue weighted by molar-refractivity contribution is 9.10. The molecule has 0 bridgehead atoms. The molecule has 1 unspecified atom stereocenters. The Labute approximate surface area is 115 Å². The molecule has 1 fully saturated rings. The third kappa shape index (κ3) is 2.42. The second kappa shape index (κ2) is 4.97. The smallest absolute Gasteiger partial charge is 0.156 e. The lowest BCUT2D eigenvalue weighted by Crippen LogP contribution is -2.37. The van der Waals surface area contributed by atoms with Gasteiger partial charge in [-0.25, -0.2) is 9.50 Å². The Bertz CT molecular complexity index is 551. The van der Waals surface area contributed by atoms with Crippen molar-refractivity contribution in [1.82, 2.24) is 19.5 Å². The molecule has 0 saturated carbocycles. The first-order valence-corrected chi connectivity index (χ1v) is 7.23. The zero-order chi connectivity index (χ0) is 12.5. The Hall–Kier alpha value is -0.940. The lowest BCUT2D eigenvalue weighted by Gasteiger charge is -2.31. The number of likely N-dealkylation sites (N-methyl/N-ethyl adjacent to an activating group) is 1. The number of fused-ring (bicyclic) bond motifs is 1. The van der Waals surface area contributed by atoms with Gasteiger partial charge in [-0.05, 0) is 38.6 Å².